The molecule has 20 heavy (non-hydrogen) atoms. The maximum atomic E-state index is 11.5. The minimum atomic E-state index is -1.87. The van der Waals surface area contributed by atoms with Gasteiger partial charge in [0.25, 0.3) is 5.91 Å². The van der Waals surface area contributed by atoms with Gasteiger partial charge in [-0.1, -0.05) is 12.8 Å². The van der Waals surface area contributed by atoms with Gasteiger partial charge < -0.3 is 36.6 Å². The van der Waals surface area contributed by atoms with Crippen molar-refractivity contribution >= 4 is 5.91 Å². The fourth-order valence-corrected chi connectivity index (χ4v) is 1.62. The number of unbranched alkanes of at least 4 members (excludes halogenated alkanes) is 3. The Balaban J connectivity index is 3.96. The van der Waals surface area contributed by atoms with Gasteiger partial charge in [0.1, 0.15) is 18.3 Å². The van der Waals surface area contributed by atoms with Crippen molar-refractivity contribution < 1.29 is 30.3 Å². The standard InChI is InChI=1S/C12H26N2O6/c13-5-3-1-2-4-6-14-12(20)11(19)10(18)9(17)8(16)7-15/h8-11,15-19H,1-7,13H2,(H,14,20)/t8-,9-,10+,11-/m1/s1. The Hall–Kier alpha value is -0.770. The van der Waals surface area contributed by atoms with Gasteiger partial charge in [-0.3, -0.25) is 4.79 Å². The van der Waals surface area contributed by atoms with Crippen molar-refractivity contribution in [3.63, 3.8) is 0 Å². The molecule has 8 nitrogen and oxygen atoms in total. The molecule has 0 aliphatic carbocycles. The molecule has 0 saturated heterocycles. The molecule has 0 aliphatic rings. The molecular weight excluding hydrogens is 268 g/mol. The molecule has 0 saturated carbocycles. The Morgan fingerprint density at radius 1 is 1.00 bits per heavy atom. The van der Waals surface area contributed by atoms with Gasteiger partial charge in [0.05, 0.1) is 6.61 Å². The van der Waals surface area contributed by atoms with Crippen LogP contribution in [-0.2, 0) is 4.79 Å². The minimum Gasteiger partial charge on any atom is -0.394 e. The summed E-state index contributed by atoms with van der Waals surface area (Å²) in [5.74, 6) is -0.833. The van der Waals surface area contributed by atoms with Crippen molar-refractivity contribution in [3.05, 3.63) is 0 Å². The highest BCUT2D eigenvalue weighted by Crippen LogP contribution is 2.05. The predicted octanol–water partition coefficient (Wildman–Crippen LogP) is -2.94. The quantitative estimate of drug-likeness (QED) is 0.201. The zero-order valence-corrected chi connectivity index (χ0v) is 11.5. The van der Waals surface area contributed by atoms with E-state index < -0.39 is 36.9 Å². The van der Waals surface area contributed by atoms with Crippen molar-refractivity contribution in [2.45, 2.75) is 50.1 Å². The number of aliphatic hydroxyl groups excluding tert-OH is 5. The topological polar surface area (TPSA) is 156 Å². The Kier molecular flexibility index (Phi) is 10.5. The van der Waals surface area contributed by atoms with Crippen LogP contribution in [0.2, 0.25) is 0 Å². The molecule has 0 fully saturated rings. The van der Waals surface area contributed by atoms with E-state index in [9.17, 15) is 20.1 Å². The van der Waals surface area contributed by atoms with E-state index in [0.29, 0.717) is 13.1 Å². The second-order valence-corrected chi connectivity index (χ2v) is 4.67. The molecule has 0 aromatic rings. The van der Waals surface area contributed by atoms with Crippen LogP contribution in [0.25, 0.3) is 0 Å². The largest absolute Gasteiger partial charge is 0.394 e. The SMILES string of the molecule is NCCCCCCNC(=O)[C@H](O)[C@@H](O)[C@H](O)[C@H](O)CO. The number of nitrogens with two attached hydrogens (primary N) is 1. The first-order valence-electron chi connectivity index (χ1n) is 6.76. The van der Waals surface area contributed by atoms with Gasteiger partial charge in [-0.2, -0.15) is 0 Å². The van der Waals surface area contributed by atoms with Crippen molar-refractivity contribution in [2.24, 2.45) is 5.73 Å². The minimum absolute atomic E-state index is 0.339. The highest BCUT2D eigenvalue weighted by Gasteiger charge is 2.33. The van der Waals surface area contributed by atoms with E-state index in [2.05, 4.69) is 5.32 Å². The molecule has 0 heterocycles. The summed E-state index contributed by atoms with van der Waals surface area (Å²) in [7, 11) is 0. The Morgan fingerprint density at radius 2 is 1.60 bits per heavy atom. The lowest BCUT2D eigenvalue weighted by atomic mass is 10.0. The van der Waals surface area contributed by atoms with E-state index in [1.807, 2.05) is 0 Å². The lowest BCUT2D eigenvalue weighted by Crippen LogP contribution is -2.51. The van der Waals surface area contributed by atoms with Crippen molar-refractivity contribution in [2.75, 3.05) is 19.7 Å². The van der Waals surface area contributed by atoms with Crippen molar-refractivity contribution in [1.29, 1.82) is 0 Å². The molecule has 8 heteroatoms. The first-order chi connectivity index (χ1) is 9.45. The van der Waals surface area contributed by atoms with Crippen LogP contribution in [0.3, 0.4) is 0 Å². The third-order valence-corrected chi connectivity index (χ3v) is 2.95. The maximum Gasteiger partial charge on any atom is 0.251 e. The molecule has 0 aromatic heterocycles. The summed E-state index contributed by atoms with van der Waals surface area (Å²) < 4.78 is 0. The van der Waals surface area contributed by atoms with E-state index in [-0.39, 0.29) is 0 Å². The molecule has 0 spiro atoms. The second-order valence-electron chi connectivity index (χ2n) is 4.67. The van der Waals surface area contributed by atoms with Crippen molar-refractivity contribution in [1.82, 2.24) is 5.32 Å². The Bertz CT molecular complexity index is 266. The number of hydrogen-bond donors (Lipinski definition) is 7. The van der Waals surface area contributed by atoms with Crippen LogP contribution in [0.4, 0.5) is 0 Å². The van der Waals surface area contributed by atoms with Crippen LogP contribution >= 0.6 is 0 Å². The monoisotopic (exact) mass is 294 g/mol. The number of rotatable bonds is 11. The van der Waals surface area contributed by atoms with Gasteiger partial charge in [0, 0.05) is 6.54 Å². The van der Waals surface area contributed by atoms with Crippen LogP contribution in [0.1, 0.15) is 25.7 Å². The van der Waals surface area contributed by atoms with Crippen LogP contribution in [0.5, 0.6) is 0 Å². The molecule has 0 aliphatic heterocycles. The van der Waals surface area contributed by atoms with Gasteiger partial charge in [-0.25, -0.2) is 0 Å². The molecule has 0 unspecified atom stereocenters. The summed E-state index contributed by atoms with van der Waals surface area (Å²) in [5.41, 5.74) is 5.34. The molecule has 0 radical (unpaired) electrons. The van der Waals surface area contributed by atoms with Crippen molar-refractivity contribution in [3.8, 4) is 0 Å². The first-order valence-corrected chi connectivity index (χ1v) is 6.76. The lowest BCUT2D eigenvalue weighted by Gasteiger charge is -2.24. The fourth-order valence-electron chi connectivity index (χ4n) is 1.62. The third kappa shape index (κ3) is 7.13. The summed E-state index contributed by atoms with van der Waals surface area (Å²) in [6.45, 7) is 0.182. The molecule has 4 atom stereocenters. The highest BCUT2D eigenvalue weighted by atomic mass is 16.4. The number of aliphatic hydroxyl groups is 5. The molecule has 120 valence electrons. The van der Waals surface area contributed by atoms with Gasteiger partial charge in [-0.05, 0) is 19.4 Å². The summed E-state index contributed by atoms with van der Waals surface area (Å²) >= 11 is 0. The summed E-state index contributed by atoms with van der Waals surface area (Å²) in [5, 5.41) is 48.5. The van der Waals surface area contributed by atoms with Gasteiger partial charge >= 0.3 is 0 Å². The molecule has 1 amide bonds. The van der Waals surface area contributed by atoms with Gasteiger partial charge in [-0.15, -0.1) is 0 Å². The molecule has 8 N–H and O–H groups in total. The molecule has 0 rings (SSSR count). The van der Waals surface area contributed by atoms with Crippen LogP contribution in [0.15, 0.2) is 0 Å². The summed E-state index contributed by atoms with van der Waals surface area (Å²) in [4.78, 5) is 11.5. The number of carbonyl (C=O) groups is 1. The predicted molar refractivity (Wildman–Crippen MR) is 71.6 cm³/mol. The number of nitrogens with one attached hydrogen (secondary N) is 1. The highest BCUT2D eigenvalue weighted by molar-refractivity contribution is 5.81. The Labute approximate surface area is 118 Å². The average Bonchev–Trinajstić information content (AvgIpc) is 2.47. The van der Waals surface area contributed by atoms with Crippen LogP contribution < -0.4 is 11.1 Å². The van der Waals surface area contributed by atoms with Gasteiger partial charge in [0.15, 0.2) is 6.10 Å². The molecule has 0 bridgehead atoms. The fraction of sp³-hybridized carbons (Fsp3) is 0.917. The normalized spacial score (nSPS) is 17.3. The van der Waals surface area contributed by atoms with Gasteiger partial charge in [0.2, 0.25) is 0 Å². The van der Waals surface area contributed by atoms with E-state index in [4.69, 9.17) is 15.9 Å². The van der Waals surface area contributed by atoms with E-state index in [1.165, 1.54) is 0 Å². The van der Waals surface area contributed by atoms with Crippen LogP contribution in [-0.4, -0.2) is 75.6 Å². The first kappa shape index (κ1) is 19.2. The molecule has 0 aromatic carbocycles. The zero-order valence-electron chi connectivity index (χ0n) is 11.5. The van der Waals surface area contributed by atoms with E-state index >= 15 is 0 Å². The zero-order chi connectivity index (χ0) is 15.5. The number of hydrogen-bond acceptors (Lipinski definition) is 7. The average molecular weight is 294 g/mol. The smallest absolute Gasteiger partial charge is 0.251 e. The third-order valence-electron chi connectivity index (χ3n) is 2.95. The van der Waals surface area contributed by atoms with Crippen LogP contribution in [0, 0.1) is 0 Å². The summed E-state index contributed by atoms with van der Waals surface area (Å²) in [6, 6.07) is 0. The number of amides is 1. The summed E-state index contributed by atoms with van der Waals surface area (Å²) in [6.07, 6.45) is -3.67. The second kappa shape index (κ2) is 11.0. The molecular formula is C12H26N2O6. The maximum absolute atomic E-state index is 11.5. The van der Waals surface area contributed by atoms with E-state index in [1.54, 1.807) is 0 Å². The lowest BCUT2D eigenvalue weighted by molar-refractivity contribution is -0.148. The number of carbonyl (C=O) groups excluding carboxylic acids is 1. The Morgan fingerprint density at radius 3 is 2.15 bits per heavy atom. The van der Waals surface area contributed by atoms with E-state index in [0.717, 1.165) is 25.7 Å².